The van der Waals surface area contributed by atoms with Crippen molar-refractivity contribution in [3.63, 3.8) is 0 Å². The van der Waals surface area contributed by atoms with Gasteiger partial charge in [-0.3, -0.25) is 4.98 Å². The quantitative estimate of drug-likeness (QED) is 0.198. The van der Waals surface area contributed by atoms with Crippen LogP contribution < -0.4 is 20.1 Å². The molecule has 1 aliphatic rings. The maximum Gasteiger partial charge on any atom is 0.322 e. The van der Waals surface area contributed by atoms with Crippen LogP contribution in [-0.2, 0) is 19.6 Å². The number of ether oxygens (including phenoxy) is 2. The molecule has 1 aromatic heterocycles. The third-order valence-electron chi connectivity index (χ3n) is 7.85. The number of aromatic nitrogens is 1. The number of anilines is 1. The second-order valence-corrected chi connectivity index (χ2v) is 10.8. The fraction of sp³-hybridized carbons (Fsp3) is 0.314. The summed E-state index contributed by atoms with van der Waals surface area (Å²) in [4.78, 5) is 19.5. The number of nitrogens with one attached hydrogen (secondary N) is 2. The van der Waals surface area contributed by atoms with Gasteiger partial charge in [0.05, 0.1) is 19.9 Å². The number of carbonyl (C=O) groups excluding carboxylic acids is 1. The third-order valence-corrected chi connectivity index (χ3v) is 7.85. The molecule has 1 aliphatic carbocycles. The van der Waals surface area contributed by atoms with Crippen molar-refractivity contribution in [3.05, 3.63) is 108 Å². The van der Waals surface area contributed by atoms with Crippen LogP contribution in [-0.4, -0.2) is 36.2 Å². The number of urea groups is 1. The van der Waals surface area contributed by atoms with Crippen molar-refractivity contribution in [1.82, 2.24) is 15.2 Å². The van der Waals surface area contributed by atoms with E-state index in [2.05, 4.69) is 64.1 Å². The maximum atomic E-state index is 13.6. The first-order valence-corrected chi connectivity index (χ1v) is 14.7. The van der Waals surface area contributed by atoms with Gasteiger partial charge in [-0.05, 0) is 58.9 Å². The van der Waals surface area contributed by atoms with Crippen molar-refractivity contribution in [1.29, 1.82) is 0 Å². The number of hydrogen-bond acceptors (Lipinski definition) is 5. The van der Waals surface area contributed by atoms with E-state index >= 15 is 0 Å². The number of nitrogens with zero attached hydrogens (tertiary/aromatic N) is 2. The fourth-order valence-corrected chi connectivity index (χ4v) is 5.42. The molecule has 0 bridgehead atoms. The van der Waals surface area contributed by atoms with Gasteiger partial charge >= 0.3 is 6.03 Å². The summed E-state index contributed by atoms with van der Waals surface area (Å²) in [6, 6.07) is 26.8. The first kappa shape index (κ1) is 29.1. The Hall–Kier alpha value is -4.36. The lowest BCUT2D eigenvalue weighted by molar-refractivity contribution is 0.206. The van der Waals surface area contributed by atoms with Gasteiger partial charge < -0.3 is 25.0 Å². The highest BCUT2D eigenvalue weighted by Crippen LogP contribution is 2.30. The highest BCUT2D eigenvalue weighted by molar-refractivity contribution is 5.91. The summed E-state index contributed by atoms with van der Waals surface area (Å²) in [7, 11) is 3.17. The summed E-state index contributed by atoms with van der Waals surface area (Å²) in [5, 5.41) is 6.73. The van der Waals surface area contributed by atoms with Crippen LogP contribution in [0.15, 0.2) is 91.3 Å². The predicted octanol–water partition coefficient (Wildman–Crippen LogP) is 7.42. The van der Waals surface area contributed by atoms with E-state index < -0.39 is 0 Å². The van der Waals surface area contributed by atoms with Crippen molar-refractivity contribution in [2.24, 2.45) is 0 Å². The molecular weight excluding hydrogens is 524 g/mol. The summed E-state index contributed by atoms with van der Waals surface area (Å²) >= 11 is 0. The topological polar surface area (TPSA) is 75.7 Å². The highest BCUT2D eigenvalue weighted by Gasteiger charge is 2.18. The first-order chi connectivity index (χ1) is 20.6. The molecular formula is C35H40N4O3. The van der Waals surface area contributed by atoms with Gasteiger partial charge in [-0.25, -0.2) is 4.79 Å². The minimum atomic E-state index is -0.244. The molecule has 7 nitrogen and oxygen atoms in total. The first-order valence-electron chi connectivity index (χ1n) is 14.7. The Morgan fingerprint density at radius 1 is 0.833 bits per heavy atom. The van der Waals surface area contributed by atoms with E-state index in [-0.39, 0.29) is 6.03 Å². The van der Waals surface area contributed by atoms with E-state index in [1.165, 1.54) is 43.2 Å². The van der Waals surface area contributed by atoms with Gasteiger partial charge in [0.1, 0.15) is 11.5 Å². The molecule has 1 heterocycles. The van der Waals surface area contributed by atoms with Crippen LogP contribution >= 0.6 is 0 Å². The van der Waals surface area contributed by atoms with Crippen molar-refractivity contribution in [2.45, 2.75) is 57.8 Å². The van der Waals surface area contributed by atoms with Crippen molar-refractivity contribution in [2.75, 3.05) is 19.5 Å². The predicted molar refractivity (Wildman–Crippen MR) is 168 cm³/mol. The zero-order chi connectivity index (χ0) is 29.1. The average molecular weight is 565 g/mol. The smallest absolute Gasteiger partial charge is 0.322 e. The van der Waals surface area contributed by atoms with Crippen molar-refractivity contribution < 1.29 is 14.3 Å². The SMILES string of the molecule is COc1ccc(OC)c(NC(=O)N(Cc2ccc(-c3ccc(CNC4CCCCC4)cc3)cc2)Cc2cccnc2)c1. The Labute approximate surface area is 248 Å². The largest absolute Gasteiger partial charge is 0.497 e. The van der Waals surface area contributed by atoms with E-state index in [0.717, 1.165) is 23.2 Å². The van der Waals surface area contributed by atoms with Gasteiger partial charge in [-0.2, -0.15) is 0 Å². The summed E-state index contributed by atoms with van der Waals surface area (Å²) in [5.74, 6) is 1.19. The molecule has 0 saturated heterocycles. The second kappa shape index (κ2) is 14.5. The van der Waals surface area contributed by atoms with Gasteiger partial charge in [-0.1, -0.05) is 73.9 Å². The lowest BCUT2D eigenvalue weighted by Gasteiger charge is -2.24. The molecule has 0 spiro atoms. The van der Waals surface area contributed by atoms with Gasteiger partial charge in [0.2, 0.25) is 0 Å². The maximum absolute atomic E-state index is 13.6. The van der Waals surface area contributed by atoms with E-state index in [4.69, 9.17) is 9.47 Å². The summed E-state index contributed by atoms with van der Waals surface area (Å²) in [6.45, 7) is 1.75. The minimum absolute atomic E-state index is 0.244. The molecule has 1 saturated carbocycles. The summed E-state index contributed by atoms with van der Waals surface area (Å²) in [5.41, 5.74) is 6.16. The molecule has 2 N–H and O–H groups in total. The van der Waals surface area contributed by atoms with Gasteiger partial charge in [0, 0.05) is 44.1 Å². The zero-order valence-corrected chi connectivity index (χ0v) is 24.5. The third kappa shape index (κ3) is 7.89. The van der Waals surface area contributed by atoms with Crippen LogP contribution in [0, 0.1) is 0 Å². The summed E-state index contributed by atoms with van der Waals surface area (Å²) in [6.07, 6.45) is 10.2. The standard InChI is InChI=1S/C35H40N4O3/c1-41-32-18-19-34(42-2)33(21-32)38-35(40)39(25-28-7-6-20-36-22-28)24-27-12-16-30(17-13-27)29-14-10-26(11-15-29)23-37-31-8-4-3-5-9-31/h6-7,10-22,31,37H,3-5,8-9,23-25H2,1-2H3,(H,38,40). The normalized spacial score (nSPS) is 13.4. The molecule has 2 amide bonds. The van der Waals surface area contributed by atoms with E-state index in [9.17, 15) is 4.79 Å². The Morgan fingerprint density at radius 2 is 1.52 bits per heavy atom. The number of pyridine rings is 1. The Kier molecular flexibility index (Phi) is 10.1. The van der Waals surface area contributed by atoms with Gasteiger partial charge in [-0.15, -0.1) is 0 Å². The van der Waals surface area contributed by atoms with E-state index in [1.807, 2.05) is 12.1 Å². The average Bonchev–Trinajstić information content (AvgIpc) is 3.05. The molecule has 5 rings (SSSR count). The van der Waals surface area contributed by atoms with Crippen LogP contribution in [0.25, 0.3) is 11.1 Å². The Morgan fingerprint density at radius 3 is 2.17 bits per heavy atom. The fourth-order valence-electron chi connectivity index (χ4n) is 5.42. The lowest BCUT2D eigenvalue weighted by atomic mass is 9.95. The number of amides is 2. The van der Waals surface area contributed by atoms with E-state index in [0.29, 0.717) is 36.3 Å². The highest BCUT2D eigenvalue weighted by atomic mass is 16.5. The molecule has 218 valence electrons. The molecule has 0 radical (unpaired) electrons. The number of rotatable bonds is 11. The van der Waals surface area contributed by atoms with Crippen LogP contribution in [0.1, 0.15) is 48.8 Å². The Balaban J connectivity index is 1.26. The van der Waals surface area contributed by atoms with Crippen LogP contribution in [0.3, 0.4) is 0 Å². The van der Waals surface area contributed by atoms with Crippen LogP contribution in [0.5, 0.6) is 11.5 Å². The molecule has 3 aromatic carbocycles. The van der Waals surface area contributed by atoms with E-state index in [1.54, 1.807) is 49.7 Å². The number of carbonyl (C=O) groups is 1. The zero-order valence-electron chi connectivity index (χ0n) is 24.5. The lowest BCUT2D eigenvalue weighted by Crippen LogP contribution is -2.34. The molecule has 42 heavy (non-hydrogen) atoms. The second-order valence-electron chi connectivity index (χ2n) is 10.8. The molecule has 4 aromatic rings. The summed E-state index contributed by atoms with van der Waals surface area (Å²) < 4.78 is 10.8. The number of methoxy groups -OCH3 is 2. The number of benzene rings is 3. The molecule has 1 fully saturated rings. The van der Waals surface area contributed by atoms with Crippen molar-refractivity contribution >= 4 is 11.7 Å². The van der Waals surface area contributed by atoms with Gasteiger partial charge in [0.15, 0.2) is 0 Å². The molecule has 0 atom stereocenters. The Bertz CT molecular complexity index is 1420. The van der Waals surface area contributed by atoms with Crippen LogP contribution in [0.4, 0.5) is 10.5 Å². The number of hydrogen-bond donors (Lipinski definition) is 2. The minimum Gasteiger partial charge on any atom is -0.497 e. The monoisotopic (exact) mass is 564 g/mol. The van der Waals surface area contributed by atoms with Gasteiger partial charge in [0.25, 0.3) is 0 Å². The van der Waals surface area contributed by atoms with Crippen LogP contribution in [0.2, 0.25) is 0 Å². The molecule has 7 heteroatoms. The molecule has 0 unspecified atom stereocenters. The molecule has 0 aliphatic heterocycles. The van der Waals surface area contributed by atoms with Crippen molar-refractivity contribution in [3.8, 4) is 22.6 Å².